The lowest BCUT2D eigenvalue weighted by Gasteiger charge is -2.03. The first-order chi connectivity index (χ1) is 8.06. The molecule has 4 heteroatoms. The minimum atomic E-state index is 0.851. The van der Waals surface area contributed by atoms with Gasteiger partial charge in [0.05, 0.1) is 0 Å². The molecule has 2 N–H and O–H groups in total. The van der Waals surface area contributed by atoms with Gasteiger partial charge in [0, 0.05) is 19.2 Å². The highest BCUT2D eigenvalue weighted by atomic mass is 15.3. The zero-order valence-corrected chi connectivity index (χ0v) is 10.6. The van der Waals surface area contributed by atoms with Gasteiger partial charge in [-0.2, -0.15) is 5.10 Å². The standard InChI is InChI=1S/C13H18N4/c1-9-4-5-11(8-12(9)14)6-7-13-15-10(2)17(3)16-13/h4-5,8H,6-7,14H2,1-3H3. The Morgan fingerprint density at radius 2 is 2.00 bits per heavy atom. The van der Waals surface area contributed by atoms with E-state index in [0.717, 1.165) is 35.7 Å². The second-order valence-electron chi connectivity index (χ2n) is 4.39. The van der Waals surface area contributed by atoms with Crippen molar-refractivity contribution in [2.75, 3.05) is 5.73 Å². The Bertz CT molecular complexity index is 509. The molecule has 1 aromatic carbocycles. The Kier molecular flexibility index (Phi) is 3.13. The van der Waals surface area contributed by atoms with E-state index in [2.05, 4.69) is 22.2 Å². The molecule has 0 saturated heterocycles. The van der Waals surface area contributed by atoms with Crippen molar-refractivity contribution >= 4 is 5.69 Å². The van der Waals surface area contributed by atoms with Gasteiger partial charge in [-0.1, -0.05) is 12.1 Å². The number of aryl methyl sites for hydroxylation is 5. The first-order valence-electron chi connectivity index (χ1n) is 5.78. The van der Waals surface area contributed by atoms with Crippen LogP contribution < -0.4 is 5.73 Å². The van der Waals surface area contributed by atoms with Gasteiger partial charge in [0.2, 0.25) is 0 Å². The Hall–Kier alpha value is -1.84. The molecule has 0 saturated carbocycles. The maximum absolute atomic E-state index is 5.88. The second-order valence-corrected chi connectivity index (χ2v) is 4.39. The predicted molar refractivity (Wildman–Crippen MR) is 68.7 cm³/mol. The van der Waals surface area contributed by atoms with Gasteiger partial charge in [0.1, 0.15) is 5.82 Å². The first kappa shape index (κ1) is 11.6. The molecule has 0 fully saturated rings. The topological polar surface area (TPSA) is 56.7 Å². The van der Waals surface area contributed by atoms with Crippen LogP contribution in [0.3, 0.4) is 0 Å². The van der Waals surface area contributed by atoms with E-state index >= 15 is 0 Å². The fourth-order valence-corrected chi connectivity index (χ4v) is 1.73. The minimum absolute atomic E-state index is 0.851. The highest BCUT2D eigenvalue weighted by molar-refractivity contribution is 5.48. The molecule has 0 radical (unpaired) electrons. The molecular formula is C13H18N4. The number of aromatic nitrogens is 3. The lowest BCUT2D eigenvalue weighted by Crippen LogP contribution is -1.97. The summed E-state index contributed by atoms with van der Waals surface area (Å²) in [5.41, 5.74) is 9.10. The molecule has 0 atom stereocenters. The predicted octanol–water partition coefficient (Wildman–Crippen LogP) is 1.80. The number of benzene rings is 1. The van der Waals surface area contributed by atoms with E-state index < -0.39 is 0 Å². The van der Waals surface area contributed by atoms with Crippen molar-refractivity contribution in [1.29, 1.82) is 0 Å². The molecule has 1 heterocycles. The molecule has 0 aliphatic carbocycles. The van der Waals surface area contributed by atoms with Crippen LogP contribution >= 0.6 is 0 Å². The van der Waals surface area contributed by atoms with Crippen molar-refractivity contribution in [1.82, 2.24) is 14.8 Å². The summed E-state index contributed by atoms with van der Waals surface area (Å²) in [6.45, 7) is 3.98. The molecule has 0 unspecified atom stereocenters. The van der Waals surface area contributed by atoms with Crippen LogP contribution in [0.15, 0.2) is 18.2 Å². The van der Waals surface area contributed by atoms with E-state index in [-0.39, 0.29) is 0 Å². The van der Waals surface area contributed by atoms with Crippen LogP contribution in [-0.4, -0.2) is 14.8 Å². The van der Waals surface area contributed by atoms with Crippen LogP contribution in [0.1, 0.15) is 22.8 Å². The highest BCUT2D eigenvalue weighted by Crippen LogP contribution is 2.14. The second kappa shape index (κ2) is 4.57. The van der Waals surface area contributed by atoms with Gasteiger partial charge in [-0.05, 0) is 37.5 Å². The molecule has 17 heavy (non-hydrogen) atoms. The summed E-state index contributed by atoms with van der Waals surface area (Å²) in [5, 5.41) is 4.34. The summed E-state index contributed by atoms with van der Waals surface area (Å²) in [6, 6.07) is 6.20. The number of nitrogen functional groups attached to an aromatic ring is 1. The van der Waals surface area contributed by atoms with Gasteiger partial charge in [-0.25, -0.2) is 4.98 Å². The van der Waals surface area contributed by atoms with Crippen LogP contribution in [0.25, 0.3) is 0 Å². The third-order valence-corrected chi connectivity index (χ3v) is 3.01. The van der Waals surface area contributed by atoms with Gasteiger partial charge < -0.3 is 5.73 Å². The van der Waals surface area contributed by atoms with E-state index in [0.29, 0.717) is 0 Å². The van der Waals surface area contributed by atoms with Crippen LogP contribution in [0.5, 0.6) is 0 Å². The van der Waals surface area contributed by atoms with Gasteiger partial charge in [-0.15, -0.1) is 0 Å². The Morgan fingerprint density at radius 1 is 1.24 bits per heavy atom. The summed E-state index contributed by atoms with van der Waals surface area (Å²) < 4.78 is 1.80. The van der Waals surface area contributed by atoms with E-state index in [1.54, 1.807) is 4.68 Å². The van der Waals surface area contributed by atoms with Crippen molar-refractivity contribution in [2.24, 2.45) is 7.05 Å². The van der Waals surface area contributed by atoms with Crippen LogP contribution in [0, 0.1) is 13.8 Å². The number of nitrogens with two attached hydrogens (primary N) is 1. The van der Waals surface area contributed by atoms with Gasteiger partial charge in [-0.3, -0.25) is 4.68 Å². The minimum Gasteiger partial charge on any atom is -0.399 e. The fourth-order valence-electron chi connectivity index (χ4n) is 1.73. The zero-order valence-electron chi connectivity index (χ0n) is 10.6. The maximum Gasteiger partial charge on any atom is 0.151 e. The molecule has 0 bridgehead atoms. The smallest absolute Gasteiger partial charge is 0.151 e. The number of nitrogens with zero attached hydrogens (tertiary/aromatic N) is 3. The molecule has 0 aliphatic rings. The van der Waals surface area contributed by atoms with E-state index in [1.165, 1.54) is 5.56 Å². The largest absolute Gasteiger partial charge is 0.399 e. The summed E-state index contributed by atoms with van der Waals surface area (Å²) in [7, 11) is 1.91. The molecule has 4 nitrogen and oxygen atoms in total. The molecule has 2 aromatic rings. The van der Waals surface area contributed by atoms with Crippen molar-refractivity contribution in [2.45, 2.75) is 26.7 Å². The summed E-state index contributed by atoms with van der Waals surface area (Å²) in [5.74, 6) is 1.84. The van der Waals surface area contributed by atoms with Crippen LogP contribution in [0.2, 0.25) is 0 Å². The summed E-state index contributed by atoms with van der Waals surface area (Å²) in [6.07, 6.45) is 1.78. The van der Waals surface area contributed by atoms with Crippen molar-refractivity contribution in [3.05, 3.63) is 41.0 Å². The van der Waals surface area contributed by atoms with Crippen molar-refractivity contribution in [3.63, 3.8) is 0 Å². The highest BCUT2D eigenvalue weighted by Gasteiger charge is 2.04. The average Bonchev–Trinajstić information content (AvgIpc) is 2.60. The number of anilines is 1. The molecule has 0 spiro atoms. The van der Waals surface area contributed by atoms with E-state index in [4.69, 9.17) is 5.73 Å². The van der Waals surface area contributed by atoms with Crippen molar-refractivity contribution in [3.8, 4) is 0 Å². The Labute approximate surface area is 101 Å². The van der Waals surface area contributed by atoms with Crippen LogP contribution in [0.4, 0.5) is 5.69 Å². The fraction of sp³-hybridized carbons (Fsp3) is 0.385. The van der Waals surface area contributed by atoms with E-state index in [1.807, 2.05) is 27.0 Å². The quantitative estimate of drug-likeness (QED) is 0.818. The third-order valence-electron chi connectivity index (χ3n) is 3.01. The monoisotopic (exact) mass is 230 g/mol. The zero-order chi connectivity index (χ0) is 12.4. The normalized spacial score (nSPS) is 10.8. The molecule has 2 rings (SSSR count). The Morgan fingerprint density at radius 3 is 2.59 bits per heavy atom. The van der Waals surface area contributed by atoms with Gasteiger partial charge in [0.15, 0.2) is 5.82 Å². The SMILES string of the molecule is Cc1ccc(CCc2nc(C)n(C)n2)cc1N. The van der Waals surface area contributed by atoms with Crippen LogP contribution in [-0.2, 0) is 19.9 Å². The third kappa shape index (κ3) is 2.64. The van der Waals surface area contributed by atoms with Gasteiger partial charge in [0.25, 0.3) is 0 Å². The molecular weight excluding hydrogens is 212 g/mol. The van der Waals surface area contributed by atoms with Gasteiger partial charge >= 0.3 is 0 Å². The summed E-state index contributed by atoms with van der Waals surface area (Å²) in [4.78, 5) is 4.39. The maximum atomic E-state index is 5.88. The molecule has 90 valence electrons. The Balaban J connectivity index is 2.04. The van der Waals surface area contributed by atoms with E-state index in [9.17, 15) is 0 Å². The first-order valence-corrected chi connectivity index (χ1v) is 5.78. The van der Waals surface area contributed by atoms with Crippen molar-refractivity contribution < 1.29 is 0 Å². The lowest BCUT2D eigenvalue weighted by atomic mass is 10.1. The number of hydrogen-bond donors (Lipinski definition) is 1. The number of hydrogen-bond acceptors (Lipinski definition) is 3. The number of rotatable bonds is 3. The summed E-state index contributed by atoms with van der Waals surface area (Å²) >= 11 is 0. The lowest BCUT2D eigenvalue weighted by molar-refractivity contribution is 0.716. The molecule has 1 aromatic heterocycles. The average molecular weight is 230 g/mol. The molecule has 0 aliphatic heterocycles. The molecule has 0 amide bonds.